The van der Waals surface area contributed by atoms with Gasteiger partial charge >= 0.3 is 11.9 Å². The summed E-state index contributed by atoms with van der Waals surface area (Å²) in [6.07, 6.45) is 2.14. The Hall–Kier alpha value is -3.27. The molecular formula is C21H17F2N3O2. The highest BCUT2D eigenvalue weighted by Gasteiger charge is 2.41. The molecular weight excluding hydrogens is 364 g/mol. The molecule has 2 aromatic carbocycles. The lowest BCUT2D eigenvalue weighted by Gasteiger charge is -2.14. The zero-order valence-corrected chi connectivity index (χ0v) is 15.1. The van der Waals surface area contributed by atoms with Gasteiger partial charge in [0.15, 0.2) is 5.69 Å². The van der Waals surface area contributed by atoms with Crippen molar-refractivity contribution in [3.63, 3.8) is 0 Å². The molecule has 0 saturated heterocycles. The molecule has 0 atom stereocenters. The number of nitrogens with zero attached hydrogens (tertiary/aromatic N) is 3. The van der Waals surface area contributed by atoms with Crippen LogP contribution in [0.4, 0.5) is 14.5 Å². The summed E-state index contributed by atoms with van der Waals surface area (Å²) in [4.78, 5) is 14.6. The number of carbonyl (C=O) groups is 1. The first-order valence-electron chi connectivity index (χ1n) is 8.91. The highest BCUT2D eigenvalue weighted by Crippen LogP contribution is 2.44. The zero-order chi connectivity index (χ0) is 20.1. The molecule has 0 aliphatic heterocycles. The fraction of sp³-hybridized carbons (Fsp3) is 0.286. The van der Waals surface area contributed by atoms with Crippen LogP contribution < -0.4 is 0 Å². The van der Waals surface area contributed by atoms with Gasteiger partial charge in [-0.3, -0.25) is 4.68 Å². The van der Waals surface area contributed by atoms with Gasteiger partial charge in [-0.2, -0.15) is 13.9 Å². The van der Waals surface area contributed by atoms with E-state index in [4.69, 9.17) is 11.7 Å². The number of halogens is 2. The van der Waals surface area contributed by atoms with E-state index in [0.29, 0.717) is 28.2 Å². The van der Waals surface area contributed by atoms with E-state index in [0.717, 1.165) is 30.0 Å². The summed E-state index contributed by atoms with van der Waals surface area (Å²) < 4.78 is 29.6. The molecule has 1 fully saturated rings. The molecule has 0 amide bonds. The molecule has 5 nitrogen and oxygen atoms in total. The van der Waals surface area contributed by atoms with Crippen molar-refractivity contribution < 1.29 is 18.7 Å². The Morgan fingerprint density at radius 2 is 2.11 bits per heavy atom. The highest BCUT2D eigenvalue weighted by molar-refractivity contribution is 5.85. The van der Waals surface area contributed by atoms with Crippen molar-refractivity contribution in [2.75, 3.05) is 0 Å². The van der Waals surface area contributed by atoms with Crippen molar-refractivity contribution in [2.24, 2.45) is 0 Å². The number of fused-ring (bicyclic) bond motifs is 1. The van der Waals surface area contributed by atoms with Crippen LogP contribution in [0.2, 0.25) is 0 Å². The molecule has 1 aromatic heterocycles. The Morgan fingerprint density at radius 1 is 1.36 bits per heavy atom. The van der Waals surface area contributed by atoms with Crippen LogP contribution in [0.3, 0.4) is 0 Å². The van der Waals surface area contributed by atoms with Crippen molar-refractivity contribution in [2.45, 2.75) is 38.2 Å². The van der Waals surface area contributed by atoms with Crippen molar-refractivity contribution >= 4 is 22.6 Å². The van der Waals surface area contributed by atoms with Crippen LogP contribution in [-0.4, -0.2) is 20.9 Å². The van der Waals surface area contributed by atoms with E-state index in [1.807, 2.05) is 12.1 Å². The number of alkyl halides is 2. The average molecular weight is 381 g/mol. The molecule has 142 valence electrons. The molecule has 1 aliphatic carbocycles. The second kappa shape index (κ2) is 6.41. The molecule has 1 heterocycles. The summed E-state index contributed by atoms with van der Waals surface area (Å²) in [6.45, 7) is 9.52. The quantitative estimate of drug-likeness (QED) is 0.633. The van der Waals surface area contributed by atoms with Gasteiger partial charge in [-0.15, -0.1) is 0 Å². The molecule has 0 radical (unpaired) electrons. The third-order valence-electron chi connectivity index (χ3n) is 5.20. The van der Waals surface area contributed by atoms with Gasteiger partial charge in [-0.05, 0) is 37.3 Å². The number of carboxylic acids is 1. The zero-order valence-electron chi connectivity index (χ0n) is 15.1. The maximum atomic E-state index is 14.0. The lowest BCUT2D eigenvalue weighted by molar-refractivity contribution is -0.166. The van der Waals surface area contributed by atoms with Crippen molar-refractivity contribution in [3.05, 3.63) is 70.2 Å². The second-order valence-electron chi connectivity index (χ2n) is 7.09. The van der Waals surface area contributed by atoms with Gasteiger partial charge in [0, 0.05) is 10.9 Å². The number of rotatable bonds is 5. The molecule has 1 aliphatic rings. The van der Waals surface area contributed by atoms with E-state index in [1.165, 1.54) is 12.1 Å². The van der Waals surface area contributed by atoms with Gasteiger partial charge in [-0.25, -0.2) is 9.64 Å². The molecule has 4 rings (SSSR count). The number of aliphatic carboxylic acids is 1. The number of aryl methyl sites for hydroxylation is 1. The van der Waals surface area contributed by atoms with Crippen molar-refractivity contribution in [3.8, 4) is 0 Å². The van der Waals surface area contributed by atoms with Crippen molar-refractivity contribution in [1.29, 1.82) is 0 Å². The Balaban J connectivity index is 1.85. The minimum absolute atomic E-state index is 0.275. The predicted molar refractivity (Wildman–Crippen MR) is 99.8 cm³/mol. The maximum absolute atomic E-state index is 14.0. The molecule has 1 saturated carbocycles. The number of hydrogen-bond donors (Lipinski definition) is 1. The molecule has 28 heavy (non-hydrogen) atoms. The van der Waals surface area contributed by atoms with E-state index >= 15 is 0 Å². The first-order valence-corrected chi connectivity index (χ1v) is 8.91. The normalized spacial score (nSPS) is 14.2. The topological polar surface area (TPSA) is 59.5 Å². The largest absolute Gasteiger partial charge is 0.477 e. The summed E-state index contributed by atoms with van der Waals surface area (Å²) in [7, 11) is 0. The Bertz CT molecular complexity index is 1140. The second-order valence-corrected chi connectivity index (χ2v) is 7.09. The number of aromatic nitrogens is 2. The average Bonchev–Trinajstić information content (AvgIpc) is 3.47. The lowest BCUT2D eigenvalue weighted by atomic mass is 10.0. The van der Waals surface area contributed by atoms with E-state index in [-0.39, 0.29) is 6.54 Å². The van der Waals surface area contributed by atoms with Crippen LogP contribution in [0.25, 0.3) is 15.7 Å². The Labute approximate surface area is 160 Å². The summed E-state index contributed by atoms with van der Waals surface area (Å²) in [6, 6.07) is 9.39. The SMILES string of the molecule is [C-]#[N+]c1cccc(C2CC2)c1Cn1nc(C)c2ccc(C(F)(F)C(=O)O)cc21. The van der Waals surface area contributed by atoms with E-state index in [9.17, 15) is 13.6 Å². The van der Waals surface area contributed by atoms with Crippen LogP contribution in [0, 0.1) is 13.5 Å². The predicted octanol–water partition coefficient (Wildman–Crippen LogP) is 5.00. The van der Waals surface area contributed by atoms with Gasteiger partial charge in [0.2, 0.25) is 0 Å². The van der Waals surface area contributed by atoms with E-state index < -0.39 is 17.5 Å². The van der Waals surface area contributed by atoms with E-state index in [2.05, 4.69) is 9.94 Å². The number of benzene rings is 2. The number of carboxylic acid groups (broad SMARTS) is 1. The van der Waals surface area contributed by atoms with Gasteiger partial charge in [-0.1, -0.05) is 35.9 Å². The highest BCUT2D eigenvalue weighted by atomic mass is 19.3. The third-order valence-corrected chi connectivity index (χ3v) is 5.20. The molecule has 1 N–H and O–H groups in total. The van der Waals surface area contributed by atoms with Gasteiger partial charge in [0.1, 0.15) is 0 Å². The van der Waals surface area contributed by atoms with Crippen LogP contribution in [-0.2, 0) is 17.3 Å². The summed E-state index contributed by atoms with van der Waals surface area (Å²) in [5.41, 5.74) is 2.97. The molecule has 0 bridgehead atoms. The maximum Gasteiger partial charge on any atom is 0.379 e. The first kappa shape index (κ1) is 18.1. The van der Waals surface area contributed by atoms with Crippen LogP contribution in [0.1, 0.15) is 41.1 Å². The standard InChI is InChI=1S/C21H17F2N3O2/c1-12-15-9-8-14(21(22,23)20(27)28)10-19(15)26(25-12)11-17-16(13-6-7-13)4-3-5-18(17)24-2/h3-5,8-10,13H,6-7,11H2,1H3,(H,27,28). The fourth-order valence-electron chi connectivity index (χ4n) is 3.57. The summed E-state index contributed by atoms with van der Waals surface area (Å²) >= 11 is 0. The molecule has 7 heteroatoms. The van der Waals surface area contributed by atoms with Crippen LogP contribution >= 0.6 is 0 Å². The monoisotopic (exact) mass is 381 g/mol. The van der Waals surface area contributed by atoms with Crippen LogP contribution in [0.5, 0.6) is 0 Å². The smallest absolute Gasteiger partial charge is 0.379 e. The van der Waals surface area contributed by atoms with Crippen LogP contribution in [0.15, 0.2) is 36.4 Å². The molecule has 0 spiro atoms. The van der Waals surface area contributed by atoms with E-state index in [1.54, 1.807) is 17.7 Å². The molecule has 0 unspecified atom stereocenters. The fourth-order valence-corrected chi connectivity index (χ4v) is 3.57. The first-order chi connectivity index (χ1) is 13.3. The minimum atomic E-state index is -3.98. The van der Waals surface area contributed by atoms with Gasteiger partial charge in [0.25, 0.3) is 0 Å². The summed E-state index contributed by atoms with van der Waals surface area (Å²) in [5.74, 6) is -5.75. The van der Waals surface area contributed by atoms with Gasteiger partial charge in [0.05, 0.1) is 24.3 Å². The van der Waals surface area contributed by atoms with Crippen molar-refractivity contribution in [1.82, 2.24) is 9.78 Å². The minimum Gasteiger partial charge on any atom is -0.477 e. The lowest BCUT2D eigenvalue weighted by Crippen LogP contribution is -2.25. The summed E-state index contributed by atoms with van der Waals surface area (Å²) in [5, 5.41) is 14.0. The van der Waals surface area contributed by atoms with Gasteiger partial charge < -0.3 is 5.11 Å². The molecule has 3 aromatic rings. The Morgan fingerprint density at radius 3 is 2.75 bits per heavy atom. The Kier molecular flexibility index (Phi) is 4.15. The number of hydrogen-bond acceptors (Lipinski definition) is 2. The third kappa shape index (κ3) is 2.91.